The van der Waals surface area contributed by atoms with Gasteiger partial charge in [0.15, 0.2) is 0 Å². The third kappa shape index (κ3) is 4.56. The number of nitrogens with one attached hydrogen (secondary N) is 1. The van der Waals surface area contributed by atoms with Crippen LogP contribution in [0.3, 0.4) is 0 Å². The molecule has 1 aromatic carbocycles. The second-order valence-electron chi connectivity index (χ2n) is 5.72. The highest BCUT2D eigenvalue weighted by molar-refractivity contribution is 6.50. The molecule has 1 radical (unpaired) electrons. The summed E-state index contributed by atoms with van der Waals surface area (Å²) in [7, 11) is 1.60. The van der Waals surface area contributed by atoms with Crippen molar-refractivity contribution >= 4 is 19.0 Å². The van der Waals surface area contributed by atoms with Crippen LogP contribution in [0, 0.1) is 0 Å². The Bertz CT molecular complexity index is 527. The van der Waals surface area contributed by atoms with Gasteiger partial charge in [-0.2, -0.15) is 0 Å². The van der Waals surface area contributed by atoms with Crippen LogP contribution in [-0.4, -0.2) is 37.4 Å². The minimum atomic E-state index is -0.525. The highest BCUT2D eigenvalue weighted by Gasteiger charge is 2.20. The molecule has 0 saturated heterocycles. The molecule has 1 aliphatic heterocycles. The van der Waals surface area contributed by atoms with E-state index in [9.17, 15) is 9.90 Å². The van der Waals surface area contributed by atoms with Crippen LogP contribution in [0.15, 0.2) is 12.1 Å². The standard InChI is InChI=1S/C14H19BNO5/c1-14(2,3)21-13(18)16-4-5-19-11-7-10(17)6-9-8-20-15-12(9)11/h6-7,17H,4-5,8H2,1-3H3,(H,16,18). The number of hydrogen-bond donors (Lipinski definition) is 2. The summed E-state index contributed by atoms with van der Waals surface area (Å²) in [6, 6.07) is 3.17. The van der Waals surface area contributed by atoms with Crippen molar-refractivity contribution in [2.45, 2.75) is 33.0 Å². The molecule has 1 heterocycles. The van der Waals surface area contributed by atoms with Gasteiger partial charge < -0.3 is 24.6 Å². The molecule has 0 bridgehead atoms. The number of carbonyl (C=O) groups is 1. The second-order valence-corrected chi connectivity index (χ2v) is 5.72. The van der Waals surface area contributed by atoms with Gasteiger partial charge >= 0.3 is 13.6 Å². The first-order valence-corrected chi connectivity index (χ1v) is 6.75. The summed E-state index contributed by atoms with van der Waals surface area (Å²) >= 11 is 0. The van der Waals surface area contributed by atoms with Crippen LogP contribution in [0.25, 0.3) is 0 Å². The molecular formula is C14H19BNO5. The summed E-state index contributed by atoms with van der Waals surface area (Å²) in [4.78, 5) is 11.5. The highest BCUT2D eigenvalue weighted by Crippen LogP contribution is 2.22. The van der Waals surface area contributed by atoms with Crippen molar-refractivity contribution in [3.05, 3.63) is 17.7 Å². The van der Waals surface area contributed by atoms with E-state index in [0.29, 0.717) is 18.9 Å². The Hall–Kier alpha value is -1.89. The van der Waals surface area contributed by atoms with Crippen molar-refractivity contribution in [3.63, 3.8) is 0 Å². The molecule has 0 atom stereocenters. The van der Waals surface area contributed by atoms with Crippen LogP contribution in [0.2, 0.25) is 0 Å². The molecule has 0 aliphatic carbocycles. The van der Waals surface area contributed by atoms with Crippen LogP contribution in [-0.2, 0) is 16.0 Å². The number of aromatic hydroxyl groups is 1. The topological polar surface area (TPSA) is 77.0 Å². The fraction of sp³-hybridized carbons (Fsp3) is 0.500. The van der Waals surface area contributed by atoms with Gasteiger partial charge in [-0.1, -0.05) is 0 Å². The molecule has 0 unspecified atom stereocenters. The maximum absolute atomic E-state index is 11.5. The summed E-state index contributed by atoms with van der Waals surface area (Å²) in [5.41, 5.74) is 1.18. The monoisotopic (exact) mass is 292 g/mol. The zero-order valence-electron chi connectivity index (χ0n) is 12.4. The van der Waals surface area contributed by atoms with Gasteiger partial charge in [0.05, 0.1) is 13.2 Å². The number of ether oxygens (including phenoxy) is 2. The van der Waals surface area contributed by atoms with Gasteiger partial charge in [-0.25, -0.2) is 4.79 Å². The maximum Gasteiger partial charge on any atom is 0.407 e. The summed E-state index contributed by atoms with van der Waals surface area (Å²) in [6.07, 6.45) is -0.484. The summed E-state index contributed by atoms with van der Waals surface area (Å²) in [6.45, 7) is 6.40. The lowest BCUT2D eigenvalue weighted by atomic mass is 9.86. The van der Waals surface area contributed by atoms with E-state index in [4.69, 9.17) is 14.1 Å². The van der Waals surface area contributed by atoms with Gasteiger partial charge in [0.25, 0.3) is 0 Å². The fourth-order valence-electron chi connectivity index (χ4n) is 1.88. The first-order valence-electron chi connectivity index (χ1n) is 6.75. The average Bonchev–Trinajstić information content (AvgIpc) is 2.80. The SMILES string of the molecule is CC(C)(C)OC(=O)NCCOc1cc(O)cc2c1[B]OC2. The number of phenolic OH excluding ortho intramolecular Hbond substituents is 1. The molecule has 6 nitrogen and oxygen atoms in total. The molecule has 2 N–H and O–H groups in total. The third-order valence-electron chi connectivity index (χ3n) is 2.68. The first kappa shape index (κ1) is 15.5. The number of carbonyl (C=O) groups excluding carboxylic acids is 1. The molecule has 7 heteroatoms. The number of benzene rings is 1. The van der Waals surface area contributed by atoms with Crippen molar-refractivity contribution in [2.75, 3.05) is 13.2 Å². The quantitative estimate of drug-likeness (QED) is 0.641. The molecule has 21 heavy (non-hydrogen) atoms. The summed E-state index contributed by atoms with van der Waals surface area (Å²) in [5.74, 6) is 0.663. The first-order chi connectivity index (χ1) is 9.85. The number of hydrogen-bond acceptors (Lipinski definition) is 5. The summed E-state index contributed by atoms with van der Waals surface area (Å²) < 4.78 is 15.9. The summed E-state index contributed by atoms with van der Waals surface area (Å²) in [5, 5.41) is 12.2. The third-order valence-corrected chi connectivity index (χ3v) is 2.68. The van der Waals surface area contributed by atoms with Gasteiger partial charge in [0.2, 0.25) is 0 Å². The van der Waals surface area contributed by atoms with Gasteiger partial charge in [-0.05, 0) is 37.9 Å². The maximum atomic E-state index is 11.5. The van der Waals surface area contributed by atoms with E-state index < -0.39 is 11.7 Å². The molecular weight excluding hydrogens is 273 g/mol. The van der Waals surface area contributed by atoms with Crippen molar-refractivity contribution in [1.29, 1.82) is 0 Å². The number of alkyl carbamates (subject to hydrolysis) is 1. The van der Waals surface area contributed by atoms with Crippen LogP contribution >= 0.6 is 0 Å². The van der Waals surface area contributed by atoms with E-state index in [1.54, 1.807) is 34.3 Å². The smallest absolute Gasteiger partial charge is 0.407 e. The normalized spacial score (nSPS) is 13.3. The Morgan fingerprint density at radius 2 is 2.24 bits per heavy atom. The zero-order valence-corrected chi connectivity index (χ0v) is 12.4. The largest absolute Gasteiger partial charge is 0.508 e. The van der Waals surface area contributed by atoms with Crippen molar-refractivity contribution < 1.29 is 24.0 Å². The molecule has 2 rings (SSSR count). The molecule has 1 amide bonds. The lowest BCUT2D eigenvalue weighted by Gasteiger charge is -2.19. The van der Waals surface area contributed by atoms with Gasteiger partial charge in [0.1, 0.15) is 23.7 Å². The Morgan fingerprint density at radius 1 is 1.48 bits per heavy atom. The van der Waals surface area contributed by atoms with Crippen LogP contribution < -0.4 is 15.5 Å². The van der Waals surface area contributed by atoms with Crippen LogP contribution in [0.1, 0.15) is 26.3 Å². The minimum absolute atomic E-state index is 0.128. The number of rotatable bonds is 4. The van der Waals surface area contributed by atoms with Crippen LogP contribution in [0.4, 0.5) is 4.79 Å². The van der Waals surface area contributed by atoms with Gasteiger partial charge in [0, 0.05) is 6.07 Å². The van der Waals surface area contributed by atoms with Crippen LogP contribution in [0.5, 0.6) is 11.5 Å². The lowest BCUT2D eigenvalue weighted by Crippen LogP contribution is -2.35. The second kappa shape index (κ2) is 6.26. The Kier molecular flexibility index (Phi) is 4.62. The van der Waals surface area contributed by atoms with E-state index in [2.05, 4.69) is 5.32 Å². The minimum Gasteiger partial charge on any atom is -0.508 e. The molecule has 1 aromatic rings. The molecule has 113 valence electrons. The zero-order chi connectivity index (χ0) is 15.5. The predicted molar refractivity (Wildman–Crippen MR) is 78.0 cm³/mol. The molecule has 1 aliphatic rings. The van der Waals surface area contributed by atoms with E-state index in [-0.39, 0.29) is 12.4 Å². The highest BCUT2D eigenvalue weighted by atomic mass is 16.6. The number of amides is 1. The average molecular weight is 292 g/mol. The van der Waals surface area contributed by atoms with E-state index in [0.717, 1.165) is 11.0 Å². The molecule has 0 saturated carbocycles. The Balaban J connectivity index is 1.81. The lowest BCUT2D eigenvalue weighted by molar-refractivity contribution is 0.0520. The van der Waals surface area contributed by atoms with Crippen molar-refractivity contribution in [3.8, 4) is 11.5 Å². The number of fused-ring (bicyclic) bond motifs is 1. The fourth-order valence-corrected chi connectivity index (χ4v) is 1.88. The predicted octanol–water partition coefficient (Wildman–Crippen LogP) is 1.07. The number of phenols is 1. The van der Waals surface area contributed by atoms with E-state index in [1.165, 1.54) is 6.07 Å². The molecule has 0 aromatic heterocycles. The van der Waals surface area contributed by atoms with E-state index >= 15 is 0 Å². The van der Waals surface area contributed by atoms with Gasteiger partial charge in [-0.3, -0.25) is 0 Å². The molecule has 0 spiro atoms. The van der Waals surface area contributed by atoms with E-state index in [1.807, 2.05) is 0 Å². The van der Waals surface area contributed by atoms with Crippen molar-refractivity contribution in [2.24, 2.45) is 0 Å². The Morgan fingerprint density at radius 3 is 2.95 bits per heavy atom. The Labute approximate surface area is 124 Å². The molecule has 0 fully saturated rings. The van der Waals surface area contributed by atoms with Crippen molar-refractivity contribution in [1.82, 2.24) is 5.32 Å². The van der Waals surface area contributed by atoms with Gasteiger partial charge in [-0.15, -0.1) is 0 Å².